The topological polar surface area (TPSA) is 77.4 Å². The molecule has 0 aromatic heterocycles. The maximum Gasteiger partial charge on any atom is 1.00 e. The van der Waals surface area contributed by atoms with Crippen LogP contribution in [0.3, 0.4) is 0 Å². The molecule has 0 aromatic carbocycles. The number of hydrogen-bond donors (Lipinski definition) is 1. The van der Waals surface area contributed by atoms with Crippen molar-refractivity contribution in [2.45, 2.75) is 134 Å². The van der Waals surface area contributed by atoms with Gasteiger partial charge in [-0.3, -0.25) is 0 Å². The van der Waals surface area contributed by atoms with Crippen LogP contribution in [-0.4, -0.2) is 29.4 Å². The molecule has 0 saturated heterocycles. The van der Waals surface area contributed by atoms with Gasteiger partial charge in [-0.25, -0.2) is 8.42 Å². The van der Waals surface area contributed by atoms with E-state index in [1.54, 1.807) is 0 Å². The Morgan fingerprint density at radius 1 is 0.667 bits per heavy atom. The summed E-state index contributed by atoms with van der Waals surface area (Å²) in [6.07, 6.45) is 16.9. The third kappa shape index (κ3) is 20.6. The van der Waals surface area contributed by atoms with Crippen molar-refractivity contribution < 1.29 is 69.5 Å². The molecule has 2 atom stereocenters. The second kappa shape index (κ2) is 20.8. The molecule has 0 radical (unpaired) electrons. The summed E-state index contributed by atoms with van der Waals surface area (Å²) in [7, 11) is -4.14. The molecule has 0 aromatic rings. The monoisotopic (exact) mass is 430 g/mol. The van der Waals surface area contributed by atoms with Crippen LogP contribution in [0.1, 0.15) is 123 Å². The predicted molar refractivity (Wildman–Crippen MR) is 109 cm³/mol. The molecule has 0 aliphatic heterocycles. The Morgan fingerprint density at radius 2 is 1.07 bits per heavy atom. The summed E-state index contributed by atoms with van der Waals surface area (Å²) in [5.41, 5.74) is 0. The molecular formula is C21H43KO4S. The average Bonchev–Trinajstić information content (AvgIpc) is 2.57. The Kier molecular flexibility index (Phi) is 23.6. The molecule has 158 valence electrons. The molecule has 0 fully saturated rings. The van der Waals surface area contributed by atoms with Gasteiger partial charge in [0.2, 0.25) is 0 Å². The molecule has 0 bridgehead atoms. The summed E-state index contributed by atoms with van der Waals surface area (Å²) in [4.78, 5) is 0. The maximum absolute atomic E-state index is 11.4. The van der Waals surface area contributed by atoms with E-state index in [1.165, 1.54) is 25.7 Å². The SMILES string of the molecule is CCCCCCC(CCCCCCCCCCC(O)CCC)S(=O)(=O)[O-].[K+]. The number of rotatable bonds is 19. The first-order valence-electron chi connectivity index (χ1n) is 11.0. The van der Waals surface area contributed by atoms with Gasteiger partial charge in [0.1, 0.15) is 0 Å². The molecule has 0 rings (SSSR count). The van der Waals surface area contributed by atoms with Crippen molar-refractivity contribution in [1.82, 2.24) is 0 Å². The van der Waals surface area contributed by atoms with Gasteiger partial charge in [0.05, 0.1) is 16.2 Å². The predicted octanol–water partition coefficient (Wildman–Crippen LogP) is 2.94. The van der Waals surface area contributed by atoms with Crippen LogP contribution >= 0.6 is 0 Å². The van der Waals surface area contributed by atoms with Crippen LogP contribution < -0.4 is 51.4 Å². The van der Waals surface area contributed by atoms with E-state index in [4.69, 9.17) is 0 Å². The van der Waals surface area contributed by atoms with E-state index < -0.39 is 15.4 Å². The van der Waals surface area contributed by atoms with Crippen molar-refractivity contribution in [2.24, 2.45) is 0 Å². The Morgan fingerprint density at radius 3 is 1.48 bits per heavy atom. The molecule has 0 amide bonds. The zero-order valence-corrected chi connectivity index (χ0v) is 22.2. The van der Waals surface area contributed by atoms with Crippen molar-refractivity contribution in [2.75, 3.05) is 0 Å². The second-order valence-electron chi connectivity index (χ2n) is 7.81. The van der Waals surface area contributed by atoms with Gasteiger partial charge < -0.3 is 9.66 Å². The van der Waals surface area contributed by atoms with E-state index in [2.05, 4.69) is 13.8 Å². The fourth-order valence-corrected chi connectivity index (χ4v) is 4.43. The van der Waals surface area contributed by atoms with E-state index in [-0.39, 0.29) is 57.5 Å². The molecule has 0 aliphatic carbocycles. The fraction of sp³-hybridized carbons (Fsp3) is 1.00. The van der Waals surface area contributed by atoms with Gasteiger partial charge in [0, 0.05) is 5.25 Å². The average molecular weight is 431 g/mol. The molecule has 4 nitrogen and oxygen atoms in total. The minimum absolute atomic E-state index is 0. The van der Waals surface area contributed by atoms with Crippen molar-refractivity contribution in [3.8, 4) is 0 Å². The minimum Gasteiger partial charge on any atom is -0.748 e. The van der Waals surface area contributed by atoms with Gasteiger partial charge in [-0.1, -0.05) is 97.3 Å². The molecule has 1 N–H and O–H groups in total. The molecule has 0 heterocycles. The van der Waals surface area contributed by atoms with Crippen LogP contribution in [0, 0.1) is 0 Å². The Balaban J connectivity index is 0. The zero-order chi connectivity index (χ0) is 19.7. The minimum atomic E-state index is -4.14. The van der Waals surface area contributed by atoms with Crippen molar-refractivity contribution in [3.63, 3.8) is 0 Å². The number of aliphatic hydroxyl groups excluding tert-OH is 1. The fourth-order valence-electron chi connectivity index (χ4n) is 3.52. The largest absolute Gasteiger partial charge is 1.00 e. The van der Waals surface area contributed by atoms with E-state index in [1.807, 2.05) is 0 Å². The summed E-state index contributed by atoms with van der Waals surface area (Å²) in [6, 6.07) is 0. The Bertz CT molecular complexity index is 401. The standard InChI is InChI=1S/C21H44O4S.K/c1-3-5-6-14-18-21(26(23,24)25)19-15-12-10-8-7-9-11-13-17-20(22)16-4-2;/h20-22H,3-19H2,1-2H3,(H,23,24,25);/q;+1/p-1. The van der Waals surface area contributed by atoms with Gasteiger partial charge in [-0.15, -0.1) is 0 Å². The summed E-state index contributed by atoms with van der Waals surface area (Å²) in [5.74, 6) is 0. The van der Waals surface area contributed by atoms with E-state index in [9.17, 15) is 18.1 Å². The molecule has 0 aliphatic rings. The van der Waals surface area contributed by atoms with E-state index >= 15 is 0 Å². The first-order chi connectivity index (χ1) is 12.4. The van der Waals surface area contributed by atoms with Gasteiger partial charge >= 0.3 is 51.4 Å². The first kappa shape index (κ1) is 30.7. The third-order valence-electron chi connectivity index (χ3n) is 5.22. The Hall–Kier alpha value is 1.51. The van der Waals surface area contributed by atoms with Gasteiger partial charge in [-0.2, -0.15) is 0 Å². The molecule has 27 heavy (non-hydrogen) atoms. The van der Waals surface area contributed by atoms with Gasteiger partial charge in [-0.05, 0) is 25.7 Å². The van der Waals surface area contributed by atoms with Crippen molar-refractivity contribution in [3.05, 3.63) is 0 Å². The van der Waals surface area contributed by atoms with E-state index in [0.717, 1.165) is 70.6 Å². The third-order valence-corrected chi connectivity index (χ3v) is 6.51. The van der Waals surface area contributed by atoms with Crippen LogP contribution in [0.15, 0.2) is 0 Å². The summed E-state index contributed by atoms with van der Waals surface area (Å²) in [6.45, 7) is 4.22. The summed E-state index contributed by atoms with van der Waals surface area (Å²) in [5, 5.41) is 8.99. The summed E-state index contributed by atoms with van der Waals surface area (Å²) >= 11 is 0. The number of aliphatic hydroxyl groups is 1. The van der Waals surface area contributed by atoms with Crippen LogP contribution in [0.4, 0.5) is 0 Å². The van der Waals surface area contributed by atoms with Gasteiger partial charge in [0.15, 0.2) is 0 Å². The number of hydrogen-bond acceptors (Lipinski definition) is 4. The summed E-state index contributed by atoms with van der Waals surface area (Å²) < 4.78 is 34.1. The zero-order valence-electron chi connectivity index (χ0n) is 18.3. The van der Waals surface area contributed by atoms with Crippen LogP contribution in [0.5, 0.6) is 0 Å². The normalized spacial score (nSPS) is 13.9. The molecule has 2 unspecified atom stereocenters. The van der Waals surface area contributed by atoms with E-state index in [0.29, 0.717) is 12.8 Å². The van der Waals surface area contributed by atoms with Crippen molar-refractivity contribution >= 4 is 10.1 Å². The number of unbranched alkanes of at least 4 members (excludes halogenated alkanes) is 10. The maximum atomic E-state index is 11.4. The molecule has 6 heteroatoms. The molecule has 0 spiro atoms. The molecular weight excluding hydrogens is 387 g/mol. The smallest absolute Gasteiger partial charge is 0.748 e. The quantitative estimate of drug-likeness (QED) is 0.194. The van der Waals surface area contributed by atoms with Crippen LogP contribution in [0.2, 0.25) is 0 Å². The van der Waals surface area contributed by atoms with Crippen LogP contribution in [0.25, 0.3) is 0 Å². The van der Waals surface area contributed by atoms with Gasteiger partial charge in [0.25, 0.3) is 0 Å². The Labute approximate surface area is 211 Å². The van der Waals surface area contributed by atoms with Crippen LogP contribution in [-0.2, 0) is 10.1 Å². The van der Waals surface area contributed by atoms with Crippen molar-refractivity contribution in [1.29, 1.82) is 0 Å². The second-order valence-corrected chi connectivity index (χ2v) is 9.46. The molecule has 0 saturated carbocycles. The first-order valence-corrected chi connectivity index (χ1v) is 12.5.